The van der Waals surface area contributed by atoms with Gasteiger partial charge in [-0.3, -0.25) is 4.79 Å². The van der Waals surface area contributed by atoms with Crippen molar-refractivity contribution in [3.63, 3.8) is 0 Å². The standard InChI is InChI=1S/C25H24FNO4/c1-15-22(25(29)30-2)23(24-20(27-15)4-3-5-21(24)28)17-8-12-19(13-9-17)31-14-16-6-10-18(26)11-7-16/h6-13,23,27H,3-5,14H2,1-2H3. The van der Waals surface area contributed by atoms with Crippen LogP contribution in [0.15, 0.2) is 71.1 Å². The summed E-state index contributed by atoms with van der Waals surface area (Å²) in [6.07, 6.45) is 2.06. The van der Waals surface area contributed by atoms with Gasteiger partial charge in [0.25, 0.3) is 0 Å². The number of carbonyl (C=O) groups is 2. The number of methoxy groups -OCH3 is 1. The van der Waals surface area contributed by atoms with Crippen LogP contribution in [0.5, 0.6) is 5.75 Å². The van der Waals surface area contributed by atoms with Crippen LogP contribution in [0, 0.1) is 5.82 Å². The Morgan fingerprint density at radius 3 is 2.48 bits per heavy atom. The predicted molar refractivity (Wildman–Crippen MR) is 114 cm³/mol. The van der Waals surface area contributed by atoms with Crippen molar-refractivity contribution in [2.45, 2.75) is 38.7 Å². The van der Waals surface area contributed by atoms with E-state index in [1.165, 1.54) is 19.2 Å². The van der Waals surface area contributed by atoms with E-state index in [0.717, 1.165) is 29.7 Å². The average molecular weight is 421 g/mol. The van der Waals surface area contributed by atoms with Gasteiger partial charge in [0.2, 0.25) is 0 Å². The first-order valence-corrected chi connectivity index (χ1v) is 10.3. The third-order valence-electron chi connectivity index (χ3n) is 5.71. The Balaban J connectivity index is 1.62. The molecule has 31 heavy (non-hydrogen) atoms. The molecule has 6 heteroatoms. The minimum absolute atomic E-state index is 0.0595. The number of halogens is 1. The summed E-state index contributed by atoms with van der Waals surface area (Å²) >= 11 is 0. The van der Waals surface area contributed by atoms with Crippen molar-refractivity contribution in [3.8, 4) is 5.75 Å². The fraction of sp³-hybridized carbons (Fsp3) is 0.280. The first-order valence-electron chi connectivity index (χ1n) is 10.3. The molecule has 2 aliphatic rings. The lowest BCUT2D eigenvalue weighted by Gasteiger charge is -2.34. The fourth-order valence-corrected chi connectivity index (χ4v) is 4.20. The summed E-state index contributed by atoms with van der Waals surface area (Å²) < 4.78 is 23.9. The number of hydrogen-bond acceptors (Lipinski definition) is 5. The van der Waals surface area contributed by atoms with Crippen LogP contribution in [0.4, 0.5) is 4.39 Å². The van der Waals surface area contributed by atoms with Gasteiger partial charge in [-0.05, 0) is 55.2 Å². The average Bonchev–Trinajstić information content (AvgIpc) is 2.78. The van der Waals surface area contributed by atoms with Crippen LogP contribution >= 0.6 is 0 Å². The topological polar surface area (TPSA) is 64.6 Å². The molecule has 2 aromatic rings. The normalized spacial score (nSPS) is 18.4. The molecule has 1 N–H and O–H groups in total. The number of hydrogen-bond donors (Lipinski definition) is 1. The molecule has 0 aromatic heterocycles. The summed E-state index contributed by atoms with van der Waals surface area (Å²) in [5.41, 5.74) is 4.40. The third kappa shape index (κ3) is 4.24. The third-order valence-corrected chi connectivity index (χ3v) is 5.71. The SMILES string of the molecule is COC(=O)C1=C(C)NC2=C(C(=O)CCC2)C1c1ccc(OCc2ccc(F)cc2)cc1. The first kappa shape index (κ1) is 20.8. The smallest absolute Gasteiger partial charge is 0.336 e. The summed E-state index contributed by atoms with van der Waals surface area (Å²) in [4.78, 5) is 25.4. The van der Waals surface area contributed by atoms with Gasteiger partial charge in [0.05, 0.1) is 12.7 Å². The van der Waals surface area contributed by atoms with Gasteiger partial charge in [0.1, 0.15) is 18.2 Å². The summed E-state index contributed by atoms with van der Waals surface area (Å²) in [7, 11) is 1.35. The number of rotatable bonds is 5. The molecule has 1 aliphatic carbocycles. The maximum absolute atomic E-state index is 13.0. The number of esters is 1. The summed E-state index contributed by atoms with van der Waals surface area (Å²) in [6.45, 7) is 2.15. The lowest BCUT2D eigenvalue weighted by Crippen LogP contribution is -2.34. The highest BCUT2D eigenvalue weighted by molar-refractivity contribution is 6.03. The molecule has 2 aromatic carbocycles. The van der Waals surface area contributed by atoms with Crippen molar-refractivity contribution >= 4 is 11.8 Å². The number of benzene rings is 2. The van der Waals surface area contributed by atoms with Crippen molar-refractivity contribution < 1.29 is 23.5 Å². The van der Waals surface area contributed by atoms with Crippen LogP contribution in [0.2, 0.25) is 0 Å². The molecular formula is C25H24FNO4. The van der Waals surface area contributed by atoms with Crippen molar-refractivity contribution in [2.75, 3.05) is 7.11 Å². The molecule has 1 heterocycles. The number of Topliss-reactive ketones (excluding diaryl/α,β-unsaturated/α-hetero) is 1. The zero-order chi connectivity index (χ0) is 22.0. The molecule has 0 radical (unpaired) electrons. The number of dihydropyridines is 1. The van der Waals surface area contributed by atoms with E-state index in [2.05, 4.69) is 5.32 Å². The Morgan fingerprint density at radius 1 is 1.10 bits per heavy atom. The number of ketones is 1. The minimum Gasteiger partial charge on any atom is -0.489 e. The van der Waals surface area contributed by atoms with Crippen LogP contribution in [-0.4, -0.2) is 18.9 Å². The highest BCUT2D eigenvalue weighted by Crippen LogP contribution is 2.42. The van der Waals surface area contributed by atoms with Crippen molar-refractivity contribution in [2.24, 2.45) is 0 Å². The molecule has 5 nitrogen and oxygen atoms in total. The van der Waals surface area contributed by atoms with Crippen molar-refractivity contribution in [1.82, 2.24) is 5.32 Å². The molecule has 4 rings (SSSR count). The molecule has 1 unspecified atom stereocenters. The van der Waals surface area contributed by atoms with Crippen LogP contribution in [-0.2, 0) is 20.9 Å². The molecule has 1 aliphatic heterocycles. The van der Waals surface area contributed by atoms with Crippen LogP contribution in [0.1, 0.15) is 43.2 Å². The molecule has 0 amide bonds. The molecule has 0 spiro atoms. The Labute approximate surface area is 180 Å². The quantitative estimate of drug-likeness (QED) is 0.718. The highest BCUT2D eigenvalue weighted by atomic mass is 19.1. The molecule has 160 valence electrons. The second-order valence-corrected chi connectivity index (χ2v) is 7.74. The molecule has 0 saturated carbocycles. The Bertz CT molecular complexity index is 1070. The van der Waals surface area contributed by atoms with Gasteiger partial charge < -0.3 is 14.8 Å². The molecule has 0 saturated heterocycles. The summed E-state index contributed by atoms with van der Waals surface area (Å²) in [6, 6.07) is 13.5. The van der Waals surface area contributed by atoms with Gasteiger partial charge in [-0.2, -0.15) is 0 Å². The Kier molecular flexibility index (Phi) is 5.89. The largest absolute Gasteiger partial charge is 0.489 e. The monoisotopic (exact) mass is 421 g/mol. The van der Waals surface area contributed by atoms with Gasteiger partial charge in [0.15, 0.2) is 5.78 Å². The second-order valence-electron chi connectivity index (χ2n) is 7.74. The fourth-order valence-electron chi connectivity index (χ4n) is 4.20. The number of ether oxygens (including phenoxy) is 2. The Morgan fingerprint density at radius 2 is 1.81 bits per heavy atom. The van der Waals surface area contributed by atoms with E-state index < -0.39 is 11.9 Å². The lowest BCUT2D eigenvalue weighted by atomic mass is 9.75. The maximum atomic E-state index is 13.0. The van der Waals surface area contributed by atoms with Crippen LogP contribution < -0.4 is 10.1 Å². The molecule has 0 fully saturated rings. The zero-order valence-corrected chi connectivity index (χ0v) is 17.5. The van der Waals surface area contributed by atoms with Gasteiger partial charge in [-0.25, -0.2) is 9.18 Å². The van der Waals surface area contributed by atoms with E-state index in [0.29, 0.717) is 35.6 Å². The van der Waals surface area contributed by atoms with Crippen molar-refractivity contribution in [3.05, 3.63) is 88.0 Å². The van der Waals surface area contributed by atoms with Gasteiger partial charge in [0, 0.05) is 29.3 Å². The van der Waals surface area contributed by atoms with Gasteiger partial charge in [-0.1, -0.05) is 24.3 Å². The molecule has 0 bridgehead atoms. The molecule has 1 atom stereocenters. The lowest BCUT2D eigenvalue weighted by molar-refractivity contribution is -0.136. The van der Waals surface area contributed by atoms with Gasteiger partial charge >= 0.3 is 5.97 Å². The number of carbonyl (C=O) groups excluding carboxylic acids is 2. The first-order chi connectivity index (χ1) is 15.0. The summed E-state index contributed by atoms with van der Waals surface area (Å²) in [5.74, 6) is -0.499. The van der Waals surface area contributed by atoms with E-state index in [1.54, 1.807) is 12.1 Å². The van der Waals surface area contributed by atoms with Crippen LogP contribution in [0.3, 0.4) is 0 Å². The van der Waals surface area contributed by atoms with E-state index in [-0.39, 0.29) is 11.6 Å². The van der Waals surface area contributed by atoms with E-state index in [1.807, 2.05) is 31.2 Å². The predicted octanol–water partition coefficient (Wildman–Crippen LogP) is 4.55. The second kappa shape index (κ2) is 8.76. The van der Waals surface area contributed by atoms with Crippen LogP contribution in [0.25, 0.3) is 0 Å². The van der Waals surface area contributed by atoms with E-state index in [9.17, 15) is 14.0 Å². The van der Waals surface area contributed by atoms with Crippen molar-refractivity contribution in [1.29, 1.82) is 0 Å². The number of nitrogens with one attached hydrogen (secondary N) is 1. The minimum atomic E-state index is -0.470. The van der Waals surface area contributed by atoms with E-state index >= 15 is 0 Å². The maximum Gasteiger partial charge on any atom is 0.336 e. The Hall–Kier alpha value is -3.41. The highest BCUT2D eigenvalue weighted by Gasteiger charge is 2.38. The summed E-state index contributed by atoms with van der Waals surface area (Å²) in [5, 5.41) is 3.25. The molecular weight excluding hydrogens is 397 g/mol. The number of allylic oxidation sites excluding steroid dienone is 3. The van der Waals surface area contributed by atoms with E-state index in [4.69, 9.17) is 9.47 Å². The van der Waals surface area contributed by atoms with Gasteiger partial charge in [-0.15, -0.1) is 0 Å². The zero-order valence-electron chi connectivity index (χ0n) is 17.5.